The molecule has 0 saturated carbocycles. The molecule has 81 heavy (non-hydrogen) atoms. The van der Waals surface area contributed by atoms with Crippen molar-refractivity contribution < 1.29 is 73.9 Å². The quantitative estimate of drug-likeness (QED) is 0.0175. The zero-order valence-electron chi connectivity index (χ0n) is 45.8. The van der Waals surface area contributed by atoms with Gasteiger partial charge in [0.15, 0.2) is 12.2 Å². The lowest BCUT2D eigenvalue weighted by Gasteiger charge is -2.23. The normalized spacial score (nSPS) is 12.2. The Balaban J connectivity index is 0.919. The number of alkyl halides is 6. The molecule has 0 aliphatic carbocycles. The maximum absolute atomic E-state index is 14.1. The van der Waals surface area contributed by atoms with Gasteiger partial charge in [0.2, 0.25) is 0 Å². The summed E-state index contributed by atoms with van der Waals surface area (Å²) >= 11 is 0. The number of benzene rings is 6. The van der Waals surface area contributed by atoms with Crippen LogP contribution in [0, 0.1) is 0 Å². The molecule has 0 saturated heterocycles. The molecular weight excluding hydrogens is 1050 g/mol. The molecule has 0 spiro atoms. The fourth-order valence-corrected chi connectivity index (χ4v) is 8.70. The molecule has 6 aromatic rings. The number of esters is 4. The van der Waals surface area contributed by atoms with Crippen molar-refractivity contribution in [1.82, 2.24) is 0 Å². The number of hydrogen-bond acceptors (Lipinski definition) is 10. The summed E-state index contributed by atoms with van der Waals surface area (Å²) in [7, 11) is 0. The van der Waals surface area contributed by atoms with E-state index >= 15 is 0 Å². The van der Waals surface area contributed by atoms with Crippen molar-refractivity contribution in [3.63, 3.8) is 0 Å². The Morgan fingerprint density at radius 1 is 0.333 bits per heavy atom. The number of hydrogen-bond donors (Lipinski definition) is 0. The summed E-state index contributed by atoms with van der Waals surface area (Å²) in [5.74, 6) is -2.86. The van der Waals surface area contributed by atoms with Crippen LogP contribution in [0.1, 0.15) is 164 Å². The van der Waals surface area contributed by atoms with Crippen molar-refractivity contribution in [3.8, 4) is 45.3 Å². The number of carbonyl (C=O) groups excluding carboxylic acids is 4. The van der Waals surface area contributed by atoms with E-state index in [1.54, 1.807) is 48.5 Å². The molecule has 2 atom stereocenters. The summed E-state index contributed by atoms with van der Waals surface area (Å²) in [4.78, 5) is 51.6. The Labute approximate surface area is 470 Å². The van der Waals surface area contributed by atoms with Crippen LogP contribution in [0.3, 0.4) is 0 Å². The van der Waals surface area contributed by atoms with Gasteiger partial charge in [-0.2, -0.15) is 26.3 Å². The molecule has 0 heterocycles. The van der Waals surface area contributed by atoms with E-state index in [1.807, 2.05) is 48.5 Å². The van der Waals surface area contributed by atoms with Crippen molar-refractivity contribution in [2.75, 3.05) is 13.2 Å². The molecule has 0 aromatic heterocycles. The Kier molecular flexibility index (Phi) is 24.7. The van der Waals surface area contributed by atoms with Gasteiger partial charge < -0.3 is 28.4 Å². The third-order valence-electron chi connectivity index (χ3n) is 13.4. The Bertz CT molecular complexity index is 2650. The van der Waals surface area contributed by atoms with Crippen LogP contribution in [0.2, 0.25) is 0 Å². The van der Waals surface area contributed by atoms with E-state index in [0.717, 1.165) is 83.7 Å². The number of carbonyl (C=O) groups is 4. The molecule has 6 aromatic carbocycles. The maximum atomic E-state index is 14.1. The minimum atomic E-state index is -5.17. The largest absolute Gasteiger partial charge is 0.494 e. The Morgan fingerprint density at radius 3 is 0.901 bits per heavy atom. The highest BCUT2D eigenvalue weighted by molar-refractivity contribution is 5.93. The van der Waals surface area contributed by atoms with Crippen LogP contribution >= 0.6 is 0 Å². The average Bonchev–Trinajstić information content (AvgIpc) is 3.47. The lowest BCUT2D eigenvalue weighted by atomic mass is 10.0. The van der Waals surface area contributed by atoms with E-state index in [-0.39, 0.29) is 33.8 Å². The zero-order chi connectivity index (χ0) is 58.0. The highest BCUT2D eigenvalue weighted by atomic mass is 19.4. The van der Waals surface area contributed by atoms with Gasteiger partial charge >= 0.3 is 36.2 Å². The second-order valence-corrected chi connectivity index (χ2v) is 19.8. The molecule has 6 rings (SSSR count). The van der Waals surface area contributed by atoms with E-state index in [9.17, 15) is 45.5 Å². The average molecular weight is 1130 g/mol. The summed E-state index contributed by atoms with van der Waals surface area (Å²) in [6.07, 6.45) is -2.25. The molecule has 0 radical (unpaired) electrons. The van der Waals surface area contributed by atoms with Gasteiger partial charge in [0, 0.05) is 0 Å². The van der Waals surface area contributed by atoms with Gasteiger partial charge in [-0.3, -0.25) is 0 Å². The first-order valence-corrected chi connectivity index (χ1v) is 27.9. The predicted octanol–water partition coefficient (Wildman–Crippen LogP) is 17.8. The summed E-state index contributed by atoms with van der Waals surface area (Å²) in [6, 6.07) is 37.5. The second-order valence-electron chi connectivity index (χ2n) is 19.8. The lowest BCUT2D eigenvalue weighted by molar-refractivity contribution is -0.213. The first-order valence-electron chi connectivity index (χ1n) is 27.9. The zero-order valence-corrected chi connectivity index (χ0v) is 45.8. The van der Waals surface area contributed by atoms with Gasteiger partial charge in [-0.25, -0.2) is 19.2 Å². The van der Waals surface area contributed by atoms with Crippen molar-refractivity contribution in [2.24, 2.45) is 0 Å². The fraction of sp³-hybridized carbons (Fsp3) is 0.385. The van der Waals surface area contributed by atoms with Crippen molar-refractivity contribution in [1.29, 1.82) is 0 Å². The molecule has 0 aliphatic heterocycles. The highest BCUT2D eigenvalue weighted by Crippen LogP contribution is 2.33. The van der Waals surface area contributed by atoms with Crippen LogP contribution in [-0.4, -0.2) is 61.7 Å². The van der Waals surface area contributed by atoms with Crippen LogP contribution < -0.4 is 18.9 Å². The minimum absolute atomic E-state index is 0.0256. The van der Waals surface area contributed by atoms with E-state index in [4.69, 9.17) is 28.4 Å². The van der Waals surface area contributed by atoms with Gasteiger partial charge in [0.25, 0.3) is 0 Å². The smallest absolute Gasteiger partial charge is 0.425 e. The third kappa shape index (κ3) is 21.1. The molecule has 10 nitrogen and oxygen atoms in total. The van der Waals surface area contributed by atoms with Crippen LogP contribution in [0.15, 0.2) is 146 Å². The van der Waals surface area contributed by atoms with Gasteiger partial charge in [-0.1, -0.05) is 139 Å². The number of ether oxygens (including phenoxy) is 6. The summed E-state index contributed by atoms with van der Waals surface area (Å²) in [6.45, 7) is 5.69. The number of halogens is 6. The summed E-state index contributed by atoms with van der Waals surface area (Å²) < 4.78 is 116. The van der Waals surface area contributed by atoms with E-state index in [2.05, 4.69) is 13.8 Å². The number of unbranched alkanes of at least 4 members (excludes halogenated alkanes) is 12. The monoisotopic (exact) mass is 1120 g/mol. The van der Waals surface area contributed by atoms with Crippen molar-refractivity contribution >= 4 is 23.9 Å². The van der Waals surface area contributed by atoms with Crippen molar-refractivity contribution in [2.45, 2.75) is 148 Å². The fourth-order valence-electron chi connectivity index (χ4n) is 8.70. The Hall–Kier alpha value is -7.62. The molecular formula is C65H70F6O10. The topological polar surface area (TPSA) is 124 Å². The maximum Gasteiger partial charge on any atom is 0.425 e. The van der Waals surface area contributed by atoms with Gasteiger partial charge in [-0.05, 0) is 151 Å². The first kappa shape index (κ1) is 62.6. The predicted molar refractivity (Wildman–Crippen MR) is 298 cm³/mol. The van der Waals surface area contributed by atoms with E-state index in [1.165, 1.54) is 88.5 Å². The summed E-state index contributed by atoms with van der Waals surface area (Å²) in [5.41, 5.74) is 3.19. The molecule has 0 fully saturated rings. The van der Waals surface area contributed by atoms with Gasteiger partial charge in [0.1, 0.15) is 23.0 Å². The standard InChI is InChI=1S/C65H70F6O10/c1-3-5-7-9-11-13-15-44-76-54-36-28-48(29-37-54)46-20-24-50(25-21-46)60(72)78-56-40-32-52(33-41-56)62(74)80-58(64(66,67)68)18-17-19-59(65(69,70)71)81-63(75)53-34-42-57(43-35-53)79-61(73)51-26-22-47(23-27-51)49-30-38-55(39-31-49)77-45-16-14-12-10-8-6-4-2/h20-43,58-59H,3-19,44-45H2,1-2H3/t58-,59-/m1/s1. The highest BCUT2D eigenvalue weighted by Gasteiger charge is 2.45. The lowest BCUT2D eigenvalue weighted by Crippen LogP contribution is -2.36. The van der Waals surface area contributed by atoms with Gasteiger partial charge in [0.05, 0.1) is 35.5 Å². The molecule has 0 N–H and O–H groups in total. The van der Waals surface area contributed by atoms with Crippen LogP contribution in [0.4, 0.5) is 26.3 Å². The van der Waals surface area contributed by atoms with Crippen molar-refractivity contribution in [3.05, 3.63) is 168 Å². The molecule has 0 amide bonds. The molecule has 16 heteroatoms. The van der Waals surface area contributed by atoms with E-state index in [0.29, 0.717) is 13.2 Å². The molecule has 432 valence electrons. The minimum Gasteiger partial charge on any atom is -0.494 e. The second kappa shape index (κ2) is 32.0. The van der Waals surface area contributed by atoms with Crippen LogP contribution in [-0.2, 0) is 9.47 Å². The summed E-state index contributed by atoms with van der Waals surface area (Å²) in [5, 5.41) is 0. The third-order valence-corrected chi connectivity index (χ3v) is 13.4. The van der Waals surface area contributed by atoms with Gasteiger partial charge in [-0.15, -0.1) is 0 Å². The molecule has 0 bridgehead atoms. The van der Waals surface area contributed by atoms with Crippen LogP contribution in [0.5, 0.6) is 23.0 Å². The Morgan fingerprint density at radius 2 is 0.593 bits per heavy atom. The van der Waals surface area contributed by atoms with E-state index < -0.39 is 67.7 Å². The SMILES string of the molecule is CCCCCCCCCOc1ccc(-c2ccc(C(=O)Oc3ccc(C(=O)O[C@H](CCC[C@@H](OC(=O)c4ccc(OC(=O)c5ccc(-c6ccc(OCCCCCCCCC)cc6)cc5)cc4)C(F)(F)F)C(F)(F)F)cc3)cc2)cc1. The molecule has 0 unspecified atom stereocenters. The van der Waals surface area contributed by atoms with Crippen LogP contribution in [0.25, 0.3) is 22.3 Å². The number of rotatable bonds is 32. The molecule has 0 aliphatic rings. The first-order chi connectivity index (χ1) is 39.0.